The van der Waals surface area contributed by atoms with E-state index in [9.17, 15) is 9.59 Å². The van der Waals surface area contributed by atoms with Crippen LogP contribution in [0.1, 0.15) is 25.7 Å². The lowest BCUT2D eigenvalue weighted by molar-refractivity contribution is 0.0383. The van der Waals surface area contributed by atoms with Crippen LogP contribution in [0.25, 0.3) is 0 Å². The van der Waals surface area contributed by atoms with E-state index in [1.54, 1.807) is 31.2 Å². The van der Waals surface area contributed by atoms with Crippen LogP contribution in [0.15, 0.2) is 29.2 Å². The molecule has 8 nitrogen and oxygen atoms in total. The van der Waals surface area contributed by atoms with Gasteiger partial charge in [-0.05, 0) is 43.1 Å². The van der Waals surface area contributed by atoms with E-state index in [0.717, 1.165) is 49.7 Å². The van der Waals surface area contributed by atoms with Gasteiger partial charge in [-0.25, -0.2) is 4.98 Å². The van der Waals surface area contributed by atoms with Crippen LogP contribution in [0.2, 0.25) is 0 Å². The maximum Gasteiger partial charge on any atom is 0.263 e. The summed E-state index contributed by atoms with van der Waals surface area (Å²) < 4.78 is 5.31. The highest BCUT2D eigenvalue weighted by Gasteiger charge is 2.17. The van der Waals surface area contributed by atoms with Gasteiger partial charge in [-0.1, -0.05) is 11.3 Å². The number of nitrogens with zero attached hydrogens (tertiary/aromatic N) is 2. The van der Waals surface area contributed by atoms with Crippen molar-refractivity contribution in [2.45, 2.75) is 11.8 Å². The van der Waals surface area contributed by atoms with E-state index < -0.39 is 0 Å². The minimum atomic E-state index is -0.276. The highest BCUT2D eigenvalue weighted by Crippen LogP contribution is 2.23. The number of thiazole rings is 1. The predicted molar refractivity (Wildman–Crippen MR) is 111 cm³/mol. The number of ether oxygens (including phenoxy) is 1. The molecule has 0 aliphatic carbocycles. The Morgan fingerprint density at radius 1 is 1.25 bits per heavy atom. The van der Waals surface area contributed by atoms with Gasteiger partial charge in [-0.15, -0.1) is 0 Å². The van der Waals surface area contributed by atoms with Crippen LogP contribution < -0.4 is 15.8 Å². The van der Waals surface area contributed by atoms with Gasteiger partial charge < -0.3 is 10.1 Å². The Morgan fingerprint density at radius 2 is 1.96 bits per heavy atom. The fourth-order valence-corrected chi connectivity index (χ4v) is 3.92. The third-order valence-corrected chi connectivity index (χ3v) is 5.91. The third-order valence-electron chi connectivity index (χ3n) is 4.29. The van der Waals surface area contributed by atoms with Crippen LogP contribution >= 0.6 is 23.3 Å². The Labute approximate surface area is 172 Å². The summed E-state index contributed by atoms with van der Waals surface area (Å²) >= 11 is 2.29. The standard InChI is InChI=1S/C18H23N5O3S2/c1-12-15(17(25)20-6-7-23-8-10-26-11-9-23)27-18(21-12)22-16(24)13-2-4-14(28-19)5-3-13/h2-5H,6-11,19H2,1H3,(H,20,25)(H,21,22,24). The number of carbonyl (C=O) groups is 2. The molecule has 150 valence electrons. The molecule has 1 aromatic heterocycles. The van der Waals surface area contributed by atoms with Crippen molar-refractivity contribution in [2.75, 3.05) is 44.7 Å². The molecule has 28 heavy (non-hydrogen) atoms. The largest absolute Gasteiger partial charge is 0.379 e. The summed E-state index contributed by atoms with van der Waals surface area (Å²) in [5.41, 5.74) is 1.10. The van der Waals surface area contributed by atoms with Gasteiger partial charge in [0, 0.05) is 36.6 Å². The highest BCUT2D eigenvalue weighted by atomic mass is 32.2. The van der Waals surface area contributed by atoms with E-state index in [-0.39, 0.29) is 11.8 Å². The number of morpholine rings is 1. The van der Waals surface area contributed by atoms with Crippen molar-refractivity contribution in [1.29, 1.82) is 0 Å². The molecular formula is C18H23N5O3S2. The maximum atomic E-state index is 12.4. The van der Waals surface area contributed by atoms with Crippen LogP contribution in [0.3, 0.4) is 0 Å². The molecule has 2 aromatic rings. The highest BCUT2D eigenvalue weighted by molar-refractivity contribution is 7.97. The van der Waals surface area contributed by atoms with Crippen molar-refractivity contribution >= 4 is 40.2 Å². The van der Waals surface area contributed by atoms with E-state index in [4.69, 9.17) is 9.88 Å². The minimum absolute atomic E-state index is 0.173. The number of amides is 2. The Morgan fingerprint density at radius 3 is 2.64 bits per heavy atom. The number of rotatable bonds is 7. The van der Waals surface area contributed by atoms with Crippen LogP contribution in [0, 0.1) is 6.92 Å². The Bertz CT molecular complexity index is 819. The number of aryl methyl sites for hydroxylation is 1. The number of aromatic nitrogens is 1. The van der Waals surface area contributed by atoms with Crippen LogP contribution in [0.4, 0.5) is 5.13 Å². The van der Waals surface area contributed by atoms with E-state index in [1.807, 2.05) is 0 Å². The normalized spacial score (nSPS) is 14.6. The number of nitrogens with two attached hydrogens (primary N) is 1. The number of carbonyl (C=O) groups excluding carboxylic acids is 2. The molecule has 0 atom stereocenters. The topological polar surface area (TPSA) is 110 Å². The van der Waals surface area contributed by atoms with Gasteiger partial charge in [-0.2, -0.15) is 0 Å². The van der Waals surface area contributed by atoms with Gasteiger partial charge in [0.1, 0.15) is 4.88 Å². The molecule has 0 spiro atoms. The molecule has 0 unspecified atom stereocenters. The molecule has 2 amide bonds. The molecule has 0 radical (unpaired) electrons. The molecule has 1 aliphatic rings. The van der Waals surface area contributed by atoms with Crippen LogP contribution in [-0.4, -0.2) is 61.1 Å². The maximum absolute atomic E-state index is 12.4. The summed E-state index contributed by atoms with van der Waals surface area (Å²) in [6.07, 6.45) is 0. The lowest BCUT2D eigenvalue weighted by atomic mass is 10.2. The average molecular weight is 422 g/mol. The van der Waals surface area contributed by atoms with E-state index in [1.165, 1.54) is 11.3 Å². The molecule has 1 aliphatic heterocycles. The Hall–Kier alpha value is -1.98. The summed E-state index contributed by atoms with van der Waals surface area (Å²) in [5, 5.41) is 11.6. The quantitative estimate of drug-likeness (QED) is 0.584. The summed E-state index contributed by atoms with van der Waals surface area (Å²) in [4.78, 5) is 32.7. The monoisotopic (exact) mass is 421 g/mol. The fourth-order valence-electron chi connectivity index (χ4n) is 2.75. The van der Waals surface area contributed by atoms with Gasteiger partial charge in [0.05, 0.1) is 18.9 Å². The smallest absolute Gasteiger partial charge is 0.263 e. The molecule has 10 heteroatoms. The molecule has 0 bridgehead atoms. The molecular weight excluding hydrogens is 398 g/mol. The lowest BCUT2D eigenvalue weighted by Gasteiger charge is -2.26. The number of hydrogen-bond acceptors (Lipinski definition) is 8. The zero-order valence-corrected chi connectivity index (χ0v) is 17.2. The van der Waals surface area contributed by atoms with Crippen molar-refractivity contribution in [3.63, 3.8) is 0 Å². The van der Waals surface area contributed by atoms with Crippen molar-refractivity contribution in [1.82, 2.24) is 15.2 Å². The zero-order chi connectivity index (χ0) is 19.9. The number of anilines is 1. The number of benzene rings is 1. The summed E-state index contributed by atoms with van der Waals surface area (Å²) in [7, 11) is 0. The Balaban J connectivity index is 1.54. The van der Waals surface area contributed by atoms with Gasteiger partial charge >= 0.3 is 0 Å². The van der Waals surface area contributed by atoms with Crippen LogP contribution in [0.5, 0.6) is 0 Å². The fraction of sp³-hybridized carbons (Fsp3) is 0.389. The van der Waals surface area contributed by atoms with E-state index >= 15 is 0 Å². The molecule has 2 heterocycles. The third kappa shape index (κ3) is 5.52. The number of hydrogen-bond donors (Lipinski definition) is 3. The van der Waals surface area contributed by atoms with Crippen molar-refractivity contribution in [2.24, 2.45) is 5.14 Å². The first-order chi connectivity index (χ1) is 13.6. The van der Waals surface area contributed by atoms with Crippen molar-refractivity contribution in [3.8, 4) is 0 Å². The molecule has 1 saturated heterocycles. The summed E-state index contributed by atoms with van der Waals surface area (Å²) in [6, 6.07) is 6.95. The minimum Gasteiger partial charge on any atom is -0.379 e. The number of nitrogens with one attached hydrogen (secondary N) is 2. The van der Waals surface area contributed by atoms with Crippen molar-refractivity contribution in [3.05, 3.63) is 40.4 Å². The molecule has 4 N–H and O–H groups in total. The van der Waals surface area contributed by atoms with Gasteiger partial charge in [-0.3, -0.25) is 24.9 Å². The summed E-state index contributed by atoms with van der Waals surface area (Å²) in [6.45, 7) is 6.35. The second-order valence-corrected chi connectivity index (χ2v) is 7.95. The molecule has 1 fully saturated rings. The summed E-state index contributed by atoms with van der Waals surface area (Å²) in [5.74, 6) is -0.449. The second kappa shape index (κ2) is 9.99. The zero-order valence-electron chi connectivity index (χ0n) is 15.6. The first kappa shape index (κ1) is 20.7. The predicted octanol–water partition coefficient (Wildman–Crippen LogP) is 1.73. The van der Waals surface area contributed by atoms with Gasteiger partial charge in [0.25, 0.3) is 11.8 Å². The first-order valence-electron chi connectivity index (χ1n) is 8.90. The molecule has 0 saturated carbocycles. The van der Waals surface area contributed by atoms with E-state index in [2.05, 4.69) is 20.5 Å². The van der Waals surface area contributed by atoms with Crippen molar-refractivity contribution < 1.29 is 14.3 Å². The van der Waals surface area contributed by atoms with Gasteiger partial charge in [0.2, 0.25) is 0 Å². The second-order valence-electron chi connectivity index (χ2n) is 6.24. The van der Waals surface area contributed by atoms with E-state index in [0.29, 0.717) is 27.8 Å². The average Bonchev–Trinajstić information content (AvgIpc) is 3.09. The van der Waals surface area contributed by atoms with Crippen LogP contribution in [-0.2, 0) is 4.74 Å². The van der Waals surface area contributed by atoms with Gasteiger partial charge in [0.15, 0.2) is 5.13 Å². The first-order valence-corrected chi connectivity index (χ1v) is 10.6. The SMILES string of the molecule is Cc1nc(NC(=O)c2ccc(SN)cc2)sc1C(=O)NCCN1CCOCC1. The Kier molecular flexibility index (Phi) is 7.40. The lowest BCUT2D eigenvalue weighted by Crippen LogP contribution is -2.41. The molecule has 1 aromatic carbocycles. The molecule has 3 rings (SSSR count).